The molecule has 1 aromatic carbocycles. The summed E-state index contributed by atoms with van der Waals surface area (Å²) in [6.07, 6.45) is 10.1. The number of benzene rings is 1. The Labute approximate surface area is 179 Å². The number of nitrogens with one attached hydrogen (secondary N) is 1. The largest absolute Gasteiger partial charge is 0.345 e. The first-order chi connectivity index (χ1) is 14.7. The van der Waals surface area contributed by atoms with Gasteiger partial charge in [-0.1, -0.05) is 17.3 Å². The first kappa shape index (κ1) is 19.3. The summed E-state index contributed by atoms with van der Waals surface area (Å²) in [6, 6.07) is 9.19. The van der Waals surface area contributed by atoms with E-state index in [1.165, 1.54) is 16.0 Å². The van der Waals surface area contributed by atoms with Crippen molar-refractivity contribution in [3.8, 4) is 0 Å². The van der Waals surface area contributed by atoms with Crippen LogP contribution in [0.4, 0.5) is 0 Å². The molecule has 1 aliphatic carbocycles. The average Bonchev–Trinajstić information content (AvgIpc) is 3.29. The van der Waals surface area contributed by atoms with Gasteiger partial charge in [-0.3, -0.25) is 14.4 Å². The summed E-state index contributed by atoms with van der Waals surface area (Å²) in [6.45, 7) is 3.29. The number of carbonyl (C=O) groups excluding carboxylic acids is 1. The molecule has 0 spiro atoms. The number of aromatic nitrogens is 5. The monoisotopic (exact) mass is 423 g/mol. The Balaban J connectivity index is 1.07. The van der Waals surface area contributed by atoms with Crippen LogP contribution in [0.3, 0.4) is 0 Å². The van der Waals surface area contributed by atoms with Crippen LogP contribution in [0.25, 0.3) is 0 Å². The van der Waals surface area contributed by atoms with Gasteiger partial charge >= 0.3 is 0 Å². The zero-order chi connectivity index (χ0) is 20.5. The molecule has 0 radical (unpaired) electrons. The van der Waals surface area contributed by atoms with Crippen LogP contribution in [-0.2, 0) is 13.1 Å². The highest BCUT2D eigenvalue weighted by atomic mass is 32.2. The van der Waals surface area contributed by atoms with Crippen LogP contribution in [0.15, 0.2) is 47.8 Å². The fourth-order valence-corrected chi connectivity index (χ4v) is 4.11. The molecule has 1 amide bonds. The second-order valence-corrected chi connectivity index (χ2v) is 8.95. The van der Waals surface area contributed by atoms with Gasteiger partial charge in [-0.2, -0.15) is 5.10 Å². The Hall–Kier alpha value is -2.65. The van der Waals surface area contributed by atoms with Crippen molar-refractivity contribution in [2.24, 2.45) is 0 Å². The minimum absolute atomic E-state index is 0.133. The lowest BCUT2D eigenvalue weighted by atomic mass is 10.1. The molecular weight excluding hydrogens is 398 g/mol. The molecule has 3 aromatic rings. The van der Waals surface area contributed by atoms with Gasteiger partial charge in [0.25, 0.3) is 5.91 Å². The Morgan fingerprint density at radius 2 is 1.93 bits per heavy atom. The van der Waals surface area contributed by atoms with Gasteiger partial charge in [0.05, 0.1) is 31.0 Å². The molecule has 2 fully saturated rings. The summed E-state index contributed by atoms with van der Waals surface area (Å²) >= 11 is 1.75. The highest BCUT2D eigenvalue weighted by Crippen LogP contribution is 2.33. The molecular formula is C21H25N7OS. The number of thioether (sulfide) groups is 1. The number of amides is 1. The summed E-state index contributed by atoms with van der Waals surface area (Å²) in [4.78, 5) is 15.9. The minimum Gasteiger partial charge on any atom is -0.345 e. The van der Waals surface area contributed by atoms with Crippen LogP contribution in [0.2, 0.25) is 0 Å². The van der Waals surface area contributed by atoms with Crippen LogP contribution in [-0.4, -0.2) is 61.0 Å². The Bertz CT molecular complexity index is 1020. The molecule has 2 aliphatic rings. The van der Waals surface area contributed by atoms with E-state index >= 15 is 0 Å². The van der Waals surface area contributed by atoms with Crippen molar-refractivity contribution in [2.75, 3.05) is 19.3 Å². The van der Waals surface area contributed by atoms with E-state index in [-0.39, 0.29) is 11.9 Å². The number of nitrogens with zero attached hydrogens (tertiary/aromatic N) is 6. The Morgan fingerprint density at radius 3 is 2.67 bits per heavy atom. The lowest BCUT2D eigenvalue weighted by Gasteiger charge is -2.39. The summed E-state index contributed by atoms with van der Waals surface area (Å²) in [5.74, 6) is -0.133. The SMILES string of the molecule is CSc1ccc(Cn2cc(CN3CC(NC(=O)c4cn(C5CC5)nn4)C3)cn2)cc1. The van der Waals surface area contributed by atoms with Crippen molar-refractivity contribution < 1.29 is 4.79 Å². The smallest absolute Gasteiger partial charge is 0.273 e. The van der Waals surface area contributed by atoms with E-state index in [0.717, 1.165) is 39.0 Å². The van der Waals surface area contributed by atoms with E-state index in [9.17, 15) is 4.79 Å². The molecule has 0 unspecified atom stereocenters. The maximum absolute atomic E-state index is 12.3. The fraction of sp³-hybridized carbons (Fsp3) is 0.429. The lowest BCUT2D eigenvalue weighted by molar-refractivity contribution is 0.0790. The molecule has 1 aliphatic heterocycles. The van der Waals surface area contributed by atoms with Crippen molar-refractivity contribution in [1.82, 2.24) is 35.0 Å². The first-order valence-electron chi connectivity index (χ1n) is 10.3. The van der Waals surface area contributed by atoms with Crippen LogP contribution < -0.4 is 5.32 Å². The van der Waals surface area contributed by atoms with Gasteiger partial charge in [0.1, 0.15) is 0 Å². The van der Waals surface area contributed by atoms with Crippen LogP contribution in [0, 0.1) is 0 Å². The van der Waals surface area contributed by atoms with Gasteiger partial charge in [0.2, 0.25) is 0 Å². The van der Waals surface area contributed by atoms with E-state index in [0.29, 0.717) is 11.7 Å². The molecule has 156 valence electrons. The Morgan fingerprint density at radius 1 is 1.13 bits per heavy atom. The van der Waals surface area contributed by atoms with E-state index in [1.54, 1.807) is 22.6 Å². The third-order valence-corrected chi connectivity index (χ3v) is 6.30. The number of rotatable bonds is 8. The number of likely N-dealkylation sites (tertiary alicyclic amines) is 1. The first-order valence-corrected chi connectivity index (χ1v) is 11.5. The van der Waals surface area contributed by atoms with E-state index in [2.05, 4.69) is 62.3 Å². The maximum Gasteiger partial charge on any atom is 0.273 e. The summed E-state index contributed by atoms with van der Waals surface area (Å²) in [7, 11) is 0. The lowest BCUT2D eigenvalue weighted by Crippen LogP contribution is -2.58. The van der Waals surface area contributed by atoms with Gasteiger partial charge in [0, 0.05) is 36.3 Å². The van der Waals surface area contributed by atoms with E-state index in [4.69, 9.17) is 0 Å². The molecule has 3 heterocycles. The standard InChI is InChI=1S/C21H25N7OS/c1-30-19-6-2-15(3-7-19)10-27-11-16(8-22-27)9-26-12-17(13-26)23-21(29)20-14-28(25-24-20)18-4-5-18/h2-3,6-8,11,14,17-18H,4-5,9-10,12-13H2,1H3,(H,23,29). The number of hydrogen-bond donors (Lipinski definition) is 1. The van der Waals surface area contributed by atoms with Crippen molar-refractivity contribution in [1.29, 1.82) is 0 Å². The highest BCUT2D eigenvalue weighted by Gasteiger charge is 2.30. The predicted molar refractivity (Wildman–Crippen MR) is 114 cm³/mol. The predicted octanol–water partition coefficient (Wildman–Crippen LogP) is 2.19. The number of carbonyl (C=O) groups is 1. The zero-order valence-corrected chi connectivity index (χ0v) is 17.8. The van der Waals surface area contributed by atoms with Crippen molar-refractivity contribution in [2.45, 2.75) is 42.9 Å². The molecule has 5 rings (SSSR count). The molecule has 1 N–H and O–H groups in total. The molecule has 8 nitrogen and oxygen atoms in total. The van der Waals surface area contributed by atoms with Crippen molar-refractivity contribution >= 4 is 17.7 Å². The maximum atomic E-state index is 12.3. The van der Waals surface area contributed by atoms with Gasteiger partial charge in [0.15, 0.2) is 5.69 Å². The third-order valence-electron chi connectivity index (χ3n) is 5.55. The third kappa shape index (κ3) is 4.41. The van der Waals surface area contributed by atoms with Crippen LogP contribution in [0.1, 0.15) is 40.5 Å². The number of hydrogen-bond acceptors (Lipinski definition) is 6. The molecule has 0 atom stereocenters. The van der Waals surface area contributed by atoms with Crippen LogP contribution in [0.5, 0.6) is 0 Å². The minimum atomic E-state index is -0.133. The second-order valence-electron chi connectivity index (χ2n) is 8.07. The fourth-order valence-electron chi connectivity index (χ4n) is 3.70. The quantitative estimate of drug-likeness (QED) is 0.560. The van der Waals surface area contributed by atoms with E-state index in [1.807, 2.05) is 10.9 Å². The second kappa shape index (κ2) is 8.23. The molecule has 1 saturated heterocycles. The molecule has 30 heavy (non-hydrogen) atoms. The highest BCUT2D eigenvalue weighted by molar-refractivity contribution is 7.98. The summed E-state index contributed by atoms with van der Waals surface area (Å²) < 4.78 is 3.78. The van der Waals surface area contributed by atoms with Gasteiger partial charge in [-0.25, -0.2) is 4.68 Å². The zero-order valence-electron chi connectivity index (χ0n) is 16.9. The summed E-state index contributed by atoms with van der Waals surface area (Å²) in [5.41, 5.74) is 2.84. The Kier molecular flexibility index (Phi) is 5.30. The molecule has 0 bridgehead atoms. The van der Waals surface area contributed by atoms with Crippen LogP contribution >= 0.6 is 11.8 Å². The van der Waals surface area contributed by atoms with E-state index < -0.39 is 0 Å². The molecule has 2 aromatic heterocycles. The topological polar surface area (TPSA) is 80.9 Å². The average molecular weight is 424 g/mol. The molecule has 1 saturated carbocycles. The van der Waals surface area contributed by atoms with Gasteiger partial charge in [-0.15, -0.1) is 16.9 Å². The van der Waals surface area contributed by atoms with Gasteiger partial charge in [-0.05, 0) is 36.8 Å². The molecule has 9 heteroatoms. The van der Waals surface area contributed by atoms with Crippen molar-refractivity contribution in [3.05, 3.63) is 59.7 Å². The van der Waals surface area contributed by atoms with Gasteiger partial charge < -0.3 is 5.32 Å². The normalized spacial score (nSPS) is 17.1. The summed E-state index contributed by atoms with van der Waals surface area (Å²) in [5, 5.41) is 15.6. The van der Waals surface area contributed by atoms with Crippen molar-refractivity contribution in [3.63, 3.8) is 0 Å².